The van der Waals surface area contributed by atoms with Crippen LogP contribution in [0, 0.1) is 5.92 Å². The van der Waals surface area contributed by atoms with Crippen molar-refractivity contribution in [2.75, 3.05) is 12.4 Å². The lowest BCUT2D eigenvalue weighted by molar-refractivity contribution is -0.116. The maximum absolute atomic E-state index is 11.7. The number of nitrogens with one attached hydrogen (secondary N) is 1. The van der Waals surface area contributed by atoms with Gasteiger partial charge in [-0.05, 0) is 30.5 Å². The molecule has 4 nitrogen and oxygen atoms in total. The van der Waals surface area contributed by atoms with Crippen molar-refractivity contribution in [2.45, 2.75) is 26.7 Å². The normalized spacial score (nSPS) is 10.4. The van der Waals surface area contributed by atoms with Gasteiger partial charge in [0.1, 0.15) is 0 Å². The molecule has 0 atom stereocenters. The first-order chi connectivity index (χ1) is 8.93. The quantitative estimate of drug-likeness (QED) is 0.842. The standard InChI is InChI=1S/C14H18ClNO3/c1-9(2)4-7-13(17)16-10-5-6-12(15)11(8-10)14(18)19-3/h5-6,8-9H,4,7H2,1-3H3,(H,16,17). The maximum Gasteiger partial charge on any atom is 0.339 e. The van der Waals surface area contributed by atoms with Gasteiger partial charge in [-0.3, -0.25) is 4.79 Å². The van der Waals surface area contributed by atoms with Crippen LogP contribution in [0.4, 0.5) is 5.69 Å². The number of hydrogen-bond donors (Lipinski definition) is 1. The van der Waals surface area contributed by atoms with E-state index in [1.807, 2.05) is 0 Å². The van der Waals surface area contributed by atoms with Crippen molar-refractivity contribution in [1.82, 2.24) is 0 Å². The van der Waals surface area contributed by atoms with Crippen LogP contribution in [0.5, 0.6) is 0 Å². The summed E-state index contributed by atoms with van der Waals surface area (Å²) in [5, 5.41) is 3.04. The number of hydrogen-bond acceptors (Lipinski definition) is 3. The zero-order chi connectivity index (χ0) is 14.4. The Balaban J connectivity index is 2.74. The van der Waals surface area contributed by atoms with Crippen LogP contribution in [0.1, 0.15) is 37.0 Å². The topological polar surface area (TPSA) is 55.4 Å². The van der Waals surface area contributed by atoms with Crippen molar-refractivity contribution >= 4 is 29.2 Å². The molecule has 0 saturated carbocycles. The first kappa shape index (κ1) is 15.5. The summed E-state index contributed by atoms with van der Waals surface area (Å²) < 4.78 is 4.62. The molecule has 0 saturated heterocycles. The maximum atomic E-state index is 11.7. The third-order valence-corrected chi connectivity index (χ3v) is 2.93. The van der Waals surface area contributed by atoms with Gasteiger partial charge in [-0.15, -0.1) is 0 Å². The highest BCUT2D eigenvalue weighted by molar-refractivity contribution is 6.33. The highest BCUT2D eigenvalue weighted by Crippen LogP contribution is 2.21. The molecule has 0 fully saturated rings. The Hall–Kier alpha value is -1.55. The molecule has 1 amide bonds. The fourth-order valence-electron chi connectivity index (χ4n) is 1.51. The van der Waals surface area contributed by atoms with Gasteiger partial charge in [-0.1, -0.05) is 25.4 Å². The summed E-state index contributed by atoms with van der Waals surface area (Å²) in [7, 11) is 1.28. The van der Waals surface area contributed by atoms with Crippen molar-refractivity contribution in [3.05, 3.63) is 28.8 Å². The molecule has 0 aliphatic carbocycles. The van der Waals surface area contributed by atoms with Crippen molar-refractivity contribution in [3.8, 4) is 0 Å². The molecule has 1 aromatic carbocycles. The van der Waals surface area contributed by atoms with E-state index in [0.29, 0.717) is 23.0 Å². The lowest BCUT2D eigenvalue weighted by Crippen LogP contribution is -2.13. The number of methoxy groups -OCH3 is 1. The zero-order valence-electron chi connectivity index (χ0n) is 11.3. The largest absolute Gasteiger partial charge is 0.465 e. The molecule has 1 aromatic rings. The van der Waals surface area contributed by atoms with E-state index in [9.17, 15) is 9.59 Å². The third-order valence-electron chi connectivity index (χ3n) is 2.60. The molecule has 0 radical (unpaired) electrons. The second kappa shape index (κ2) is 7.14. The van der Waals surface area contributed by atoms with Crippen molar-refractivity contribution in [3.63, 3.8) is 0 Å². The third kappa shape index (κ3) is 4.91. The Morgan fingerprint density at radius 1 is 1.37 bits per heavy atom. The predicted molar refractivity (Wildman–Crippen MR) is 75.5 cm³/mol. The minimum atomic E-state index is -0.525. The second-order valence-corrected chi connectivity index (χ2v) is 5.07. The number of anilines is 1. The number of esters is 1. The van der Waals surface area contributed by atoms with E-state index in [4.69, 9.17) is 11.6 Å². The predicted octanol–water partition coefficient (Wildman–Crippen LogP) is 3.50. The number of carbonyl (C=O) groups is 2. The molecular weight excluding hydrogens is 266 g/mol. The summed E-state index contributed by atoms with van der Waals surface area (Å²) in [5.74, 6) is -0.128. The van der Waals surface area contributed by atoms with E-state index in [1.165, 1.54) is 13.2 Å². The Labute approximate surface area is 118 Å². The van der Waals surface area contributed by atoms with E-state index < -0.39 is 5.97 Å². The highest BCUT2D eigenvalue weighted by atomic mass is 35.5. The Bertz CT molecular complexity index is 472. The summed E-state index contributed by atoms with van der Waals surface area (Å²) in [4.78, 5) is 23.2. The summed E-state index contributed by atoms with van der Waals surface area (Å²) in [5.41, 5.74) is 0.782. The smallest absolute Gasteiger partial charge is 0.339 e. The Morgan fingerprint density at radius 3 is 2.63 bits per heavy atom. The number of halogens is 1. The molecule has 0 bridgehead atoms. The first-order valence-electron chi connectivity index (χ1n) is 6.11. The highest BCUT2D eigenvalue weighted by Gasteiger charge is 2.12. The van der Waals surface area contributed by atoms with Crippen LogP contribution in [0.2, 0.25) is 5.02 Å². The van der Waals surface area contributed by atoms with Crippen molar-refractivity contribution in [2.24, 2.45) is 5.92 Å². The first-order valence-corrected chi connectivity index (χ1v) is 6.49. The van der Waals surface area contributed by atoms with Gasteiger partial charge in [-0.25, -0.2) is 4.79 Å². The van der Waals surface area contributed by atoms with Gasteiger partial charge >= 0.3 is 5.97 Å². The summed E-state index contributed by atoms with van der Waals surface area (Å²) >= 11 is 5.90. The molecule has 0 spiro atoms. The van der Waals surface area contributed by atoms with Gasteiger partial charge in [0.05, 0.1) is 17.7 Å². The SMILES string of the molecule is COC(=O)c1cc(NC(=O)CCC(C)C)ccc1Cl. The zero-order valence-corrected chi connectivity index (χ0v) is 12.1. The Morgan fingerprint density at radius 2 is 2.05 bits per heavy atom. The Kier molecular flexibility index (Phi) is 5.83. The molecule has 19 heavy (non-hydrogen) atoms. The minimum absolute atomic E-state index is 0.0770. The summed E-state index contributed by atoms with van der Waals surface area (Å²) in [6.07, 6.45) is 1.27. The number of benzene rings is 1. The van der Waals surface area contributed by atoms with E-state index in [0.717, 1.165) is 6.42 Å². The number of ether oxygens (including phenoxy) is 1. The van der Waals surface area contributed by atoms with E-state index in [-0.39, 0.29) is 11.5 Å². The van der Waals surface area contributed by atoms with Crippen LogP contribution < -0.4 is 5.32 Å². The average Bonchev–Trinajstić information content (AvgIpc) is 2.37. The van der Waals surface area contributed by atoms with Gasteiger partial charge in [0, 0.05) is 12.1 Å². The minimum Gasteiger partial charge on any atom is -0.465 e. The molecule has 5 heteroatoms. The van der Waals surface area contributed by atoms with Gasteiger partial charge in [0.15, 0.2) is 0 Å². The fraction of sp³-hybridized carbons (Fsp3) is 0.429. The molecule has 0 aliphatic rings. The van der Waals surface area contributed by atoms with E-state index in [1.54, 1.807) is 12.1 Å². The van der Waals surface area contributed by atoms with Crippen molar-refractivity contribution < 1.29 is 14.3 Å². The molecule has 0 aromatic heterocycles. The summed E-state index contributed by atoms with van der Waals surface area (Å²) in [6.45, 7) is 4.12. The molecular formula is C14H18ClNO3. The van der Waals surface area contributed by atoms with Crippen molar-refractivity contribution in [1.29, 1.82) is 0 Å². The lowest BCUT2D eigenvalue weighted by atomic mass is 10.1. The van der Waals surface area contributed by atoms with Crippen LogP contribution in [0.15, 0.2) is 18.2 Å². The van der Waals surface area contributed by atoms with E-state index >= 15 is 0 Å². The van der Waals surface area contributed by atoms with Gasteiger partial charge in [0.25, 0.3) is 0 Å². The molecule has 1 rings (SSSR count). The lowest BCUT2D eigenvalue weighted by Gasteiger charge is -2.09. The van der Waals surface area contributed by atoms with Crippen LogP contribution in [-0.4, -0.2) is 19.0 Å². The molecule has 0 heterocycles. The number of carbonyl (C=O) groups excluding carboxylic acids is 2. The monoisotopic (exact) mass is 283 g/mol. The molecule has 0 unspecified atom stereocenters. The van der Waals surface area contributed by atoms with Crippen LogP contribution in [-0.2, 0) is 9.53 Å². The van der Waals surface area contributed by atoms with Crippen LogP contribution in [0.3, 0.4) is 0 Å². The number of rotatable bonds is 5. The van der Waals surface area contributed by atoms with Crippen LogP contribution >= 0.6 is 11.6 Å². The summed E-state index contributed by atoms with van der Waals surface area (Å²) in [6, 6.07) is 4.73. The van der Waals surface area contributed by atoms with E-state index in [2.05, 4.69) is 23.9 Å². The average molecular weight is 284 g/mol. The van der Waals surface area contributed by atoms with Gasteiger partial charge in [0.2, 0.25) is 5.91 Å². The molecule has 104 valence electrons. The van der Waals surface area contributed by atoms with Gasteiger partial charge in [-0.2, -0.15) is 0 Å². The second-order valence-electron chi connectivity index (χ2n) is 4.67. The fourth-order valence-corrected chi connectivity index (χ4v) is 1.71. The molecule has 0 aliphatic heterocycles. The molecule has 1 N–H and O–H groups in total. The number of amides is 1. The van der Waals surface area contributed by atoms with Crippen LogP contribution in [0.25, 0.3) is 0 Å². The van der Waals surface area contributed by atoms with Gasteiger partial charge < -0.3 is 10.1 Å².